The molecule has 0 saturated heterocycles. The minimum absolute atomic E-state index is 0.299. The third-order valence-electron chi connectivity index (χ3n) is 2.92. The number of para-hydroxylation sites is 1. The Balaban J connectivity index is 2.22. The Labute approximate surface area is 118 Å². The fraction of sp³-hybridized carbons (Fsp3) is 0.333. The molecule has 0 bridgehead atoms. The first-order valence-corrected chi connectivity index (χ1v) is 6.75. The van der Waals surface area contributed by atoms with Crippen LogP contribution in [0.2, 0.25) is 0 Å². The van der Waals surface area contributed by atoms with E-state index in [-0.39, 0.29) is 5.97 Å². The van der Waals surface area contributed by atoms with Gasteiger partial charge in [-0.15, -0.1) is 0 Å². The van der Waals surface area contributed by atoms with Crippen LogP contribution in [0.3, 0.4) is 0 Å². The number of hydrogen-bond acceptors (Lipinski definition) is 4. The summed E-state index contributed by atoms with van der Waals surface area (Å²) in [6.45, 7) is 4.92. The van der Waals surface area contributed by atoms with E-state index in [0.29, 0.717) is 6.61 Å². The highest BCUT2D eigenvalue weighted by atomic mass is 16.5. The van der Waals surface area contributed by atoms with Crippen molar-refractivity contribution in [3.05, 3.63) is 48.3 Å². The van der Waals surface area contributed by atoms with E-state index in [1.807, 2.05) is 43.5 Å². The lowest BCUT2D eigenvalue weighted by Crippen LogP contribution is -2.23. The molecule has 0 aliphatic carbocycles. The average molecular weight is 273 g/mol. The van der Waals surface area contributed by atoms with E-state index in [9.17, 15) is 4.79 Å². The normalized spacial score (nSPS) is 11.9. The lowest BCUT2D eigenvalue weighted by molar-refractivity contribution is -0.144. The second-order valence-corrected chi connectivity index (χ2v) is 4.32. The molecular weight excluding hydrogens is 254 g/mol. The molecule has 0 fully saturated rings. The minimum Gasteiger partial charge on any atom is -0.464 e. The molecule has 1 unspecified atom stereocenters. The number of aryl methyl sites for hydroxylation is 1. The number of nitrogens with zero attached hydrogens (tertiary/aromatic N) is 2. The van der Waals surface area contributed by atoms with Gasteiger partial charge in [0.25, 0.3) is 0 Å². The second kappa shape index (κ2) is 6.75. The fourth-order valence-corrected chi connectivity index (χ4v) is 1.91. The van der Waals surface area contributed by atoms with Gasteiger partial charge >= 0.3 is 5.97 Å². The summed E-state index contributed by atoms with van der Waals surface area (Å²) in [4.78, 5) is 12.1. The van der Waals surface area contributed by atoms with Gasteiger partial charge in [-0.3, -0.25) is 4.68 Å². The van der Waals surface area contributed by atoms with Crippen LogP contribution in [0.5, 0.6) is 0 Å². The Morgan fingerprint density at radius 3 is 2.70 bits per heavy atom. The highest BCUT2D eigenvalue weighted by Crippen LogP contribution is 2.20. The molecule has 0 amide bonds. The molecular formula is C15H19N3O2. The van der Waals surface area contributed by atoms with Crippen molar-refractivity contribution >= 4 is 11.7 Å². The monoisotopic (exact) mass is 273 g/mol. The van der Waals surface area contributed by atoms with Crippen molar-refractivity contribution < 1.29 is 9.53 Å². The summed E-state index contributed by atoms with van der Waals surface area (Å²) in [5.41, 5.74) is 1.67. The summed E-state index contributed by atoms with van der Waals surface area (Å²) < 4.78 is 6.92. The van der Waals surface area contributed by atoms with Crippen LogP contribution in [0.4, 0.5) is 5.69 Å². The van der Waals surface area contributed by atoms with E-state index < -0.39 is 6.04 Å². The second-order valence-electron chi connectivity index (χ2n) is 4.32. The third-order valence-corrected chi connectivity index (χ3v) is 2.92. The summed E-state index contributed by atoms with van der Waals surface area (Å²) in [7, 11) is 0. The van der Waals surface area contributed by atoms with Gasteiger partial charge in [-0.2, -0.15) is 5.10 Å². The van der Waals surface area contributed by atoms with E-state index in [1.54, 1.807) is 17.8 Å². The number of nitrogens with one attached hydrogen (secondary N) is 1. The van der Waals surface area contributed by atoms with Gasteiger partial charge in [-0.25, -0.2) is 4.79 Å². The highest BCUT2D eigenvalue weighted by molar-refractivity contribution is 5.80. The Morgan fingerprint density at radius 1 is 1.35 bits per heavy atom. The topological polar surface area (TPSA) is 56.1 Å². The largest absolute Gasteiger partial charge is 0.464 e. The van der Waals surface area contributed by atoms with Crippen LogP contribution in [0.1, 0.15) is 25.5 Å². The molecule has 20 heavy (non-hydrogen) atoms. The number of anilines is 1. The zero-order chi connectivity index (χ0) is 14.4. The Bertz CT molecular complexity index is 551. The minimum atomic E-state index is -0.544. The van der Waals surface area contributed by atoms with Gasteiger partial charge < -0.3 is 10.1 Å². The van der Waals surface area contributed by atoms with E-state index in [4.69, 9.17) is 4.74 Å². The van der Waals surface area contributed by atoms with Crippen molar-refractivity contribution in [3.63, 3.8) is 0 Å². The number of aromatic nitrogens is 2. The quantitative estimate of drug-likeness (QED) is 0.822. The van der Waals surface area contributed by atoms with Gasteiger partial charge in [-0.05, 0) is 26.0 Å². The van der Waals surface area contributed by atoms with Crippen LogP contribution in [0.25, 0.3) is 0 Å². The zero-order valence-corrected chi connectivity index (χ0v) is 11.7. The molecule has 1 aromatic heterocycles. The molecule has 2 rings (SSSR count). The molecule has 0 saturated carbocycles. The number of carbonyl (C=O) groups is 1. The molecule has 5 heteroatoms. The summed E-state index contributed by atoms with van der Waals surface area (Å²) in [6, 6.07) is 9.05. The van der Waals surface area contributed by atoms with Crippen molar-refractivity contribution in [2.45, 2.75) is 26.4 Å². The predicted molar refractivity (Wildman–Crippen MR) is 77.3 cm³/mol. The Hall–Kier alpha value is -2.30. The van der Waals surface area contributed by atoms with Crippen LogP contribution in [-0.2, 0) is 16.1 Å². The van der Waals surface area contributed by atoms with Crippen molar-refractivity contribution in [3.8, 4) is 0 Å². The molecule has 0 aliphatic rings. The maximum atomic E-state index is 12.1. The molecule has 1 heterocycles. The molecule has 5 nitrogen and oxygen atoms in total. The van der Waals surface area contributed by atoms with Crippen molar-refractivity contribution in [1.82, 2.24) is 9.78 Å². The van der Waals surface area contributed by atoms with E-state index in [0.717, 1.165) is 17.8 Å². The molecule has 0 aliphatic heterocycles. The van der Waals surface area contributed by atoms with Crippen molar-refractivity contribution in [2.75, 3.05) is 11.9 Å². The molecule has 1 atom stereocenters. The van der Waals surface area contributed by atoms with Gasteiger partial charge in [0.05, 0.1) is 12.8 Å². The summed E-state index contributed by atoms with van der Waals surface area (Å²) in [5, 5.41) is 7.40. The Kier molecular flexibility index (Phi) is 4.76. The van der Waals surface area contributed by atoms with Crippen molar-refractivity contribution in [2.24, 2.45) is 0 Å². The fourth-order valence-electron chi connectivity index (χ4n) is 1.91. The van der Waals surface area contributed by atoms with Gasteiger partial charge in [-0.1, -0.05) is 18.2 Å². The van der Waals surface area contributed by atoms with Crippen LogP contribution < -0.4 is 5.32 Å². The van der Waals surface area contributed by atoms with Crippen LogP contribution in [-0.4, -0.2) is 22.4 Å². The maximum absolute atomic E-state index is 12.1. The van der Waals surface area contributed by atoms with Gasteiger partial charge in [0.15, 0.2) is 6.04 Å². The van der Waals surface area contributed by atoms with Crippen molar-refractivity contribution in [1.29, 1.82) is 0 Å². The van der Waals surface area contributed by atoms with E-state index in [2.05, 4.69) is 10.4 Å². The molecule has 1 N–H and O–H groups in total. The molecule has 1 aromatic carbocycles. The van der Waals surface area contributed by atoms with Crippen LogP contribution >= 0.6 is 0 Å². The Morgan fingerprint density at radius 2 is 2.10 bits per heavy atom. The highest BCUT2D eigenvalue weighted by Gasteiger charge is 2.23. The molecule has 0 spiro atoms. The lowest BCUT2D eigenvalue weighted by atomic mass is 10.1. The molecule has 106 valence electrons. The standard InChI is InChI=1S/C15H19N3O2/c1-3-18-11-12(10-16-18)14(15(19)20-4-2)17-13-8-6-5-7-9-13/h5-11,14,17H,3-4H2,1-2H3. The number of ether oxygens (including phenoxy) is 1. The van der Waals surface area contributed by atoms with Crippen LogP contribution in [0, 0.1) is 0 Å². The summed E-state index contributed by atoms with van der Waals surface area (Å²) in [6.07, 6.45) is 3.55. The van der Waals surface area contributed by atoms with Crippen LogP contribution in [0.15, 0.2) is 42.7 Å². The number of carbonyl (C=O) groups excluding carboxylic acids is 1. The smallest absolute Gasteiger partial charge is 0.333 e. The number of rotatable bonds is 6. The number of benzene rings is 1. The first kappa shape index (κ1) is 14.1. The first-order valence-electron chi connectivity index (χ1n) is 6.75. The lowest BCUT2D eigenvalue weighted by Gasteiger charge is -2.17. The summed E-state index contributed by atoms with van der Waals surface area (Å²) in [5.74, 6) is -0.299. The van der Waals surface area contributed by atoms with E-state index in [1.165, 1.54) is 0 Å². The number of esters is 1. The third kappa shape index (κ3) is 3.38. The SMILES string of the molecule is CCOC(=O)C(Nc1ccccc1)c1cnn(CC)c1. The maximum Gasteiger partial charge on any atom is 0.333 e. The molecule has 2 aromatic rings. The predicted octanol–water partition coefficient (Wildman–Crippen LogP) is 2.62. The first-order chi connectivity index (χ1) is 9.74. The zero-order valence-electron chi connectivity index (χ0n) is 11.7. The summed E-state index contributed by atoms with van der Waals surface area (Å²) >= 11 is 0. The molecule has 0 radical (unpaired) electrons. The average Bonchev–Trinajstić information content (AvgIpc) is 2.94. The number of hydrogen-bond donors (Lipinski definition) is 1. The van der Waals surface area contributed by atoms with Gasteiger partial charge in [0, 0.05) is 24.0 Å². The van der Waals surface area contributed by atoms with E-state index >= 15 is 0 Å². The van der Waals surface area contributed by atoms with Gasteiger partial charge in [0.2, 0.25) is 0 Å². The van der Waals surface area contributed by atoms with Gasteiger partial charge in [0.1, 0.15) is 0 Å².